The number of unbranched alkanes of at least 4 members (excludes halogenated alkanes) is 10. The summed E-state index contributed by atoms with van der Waals surface area (Å²) in [6.07, 6.45) is 17.0. The molecule has 0 aliphatic carbocycles. The van der Waals surface area contributed by atoms with Gasteiger partial charge in [-0.25, -0.2) is 4.79 Å². The maximum Gasteiger partial charge on any atom is 0.361 e. The summed E-state index contributed by atoms with van der Waals surface area (Å²) in [5.41, 5.74) is 2.60. The molecule has 0 radical (unpaired) electrons. The molecule has 0 atom stereocenters. The van der Waals surface area contributed by atoms with Crippen LogP contribution < -0.4 is 4.74 Å². The van der Waals surface area contributed by atoms with Crippen LogP contribution in [0.3, 0.4) is 0 Å². The average molecular weight is 511 g/mol. The van der Waals surface area contributed by atoms with Crippen LogP contribution in [0.1, 0.15) is 95.1 Å². The average Bonchev–Trinajstić information content (AvgIpc) is 2.88. The minimum atomic E-state index is -0.160. The molecule has 0 aliphatic rings. The molecule has 0 saturated heterocycles. The van der Waals surface area contributed by atoms with Crippen LogP contribution in [0.25, 0.3) is 0 Å². The van der Waals surface area contributed by atoms with Crippen LogP contribution in [-0.2, 0) is 22.5 Å². The van der Waals surface area contributed by atoms with E-state index < -0.39 is 0 Å². The van der Waals surface area contributed by atoms with Gasteiger partial charge >= 0.3 is 5.97 Å². The first-order valence-electron chi connectivity index (χ1n) is 14.7. The monoisotopic (exact) mass is 510 g/mol. The van der Waals surface area contributed by atoms with Gasteiger partial charge in [-0.2, -0.15) is 0 Å². The fourth-order valence-electron chi connectivity index (χ4n) is 4.71. The summed E-state index contributed by atoms with van der Waals surface area (Å²) in [5.74, 6) is 0.724. The molecule has 0 spiro atoms. The van der Waals surface area contributed by atoms with E-state index >= 15 is 0 Å². The molecule has 0 heterocycles. The minimum absolute atomic E-state index is 0.160. The van der Waals surface area contributed by atoms with E-state index in [9.17, 15) is 4.79 Å². The molecule has 37 heavy (non-hydrogen) atoms. The molecule has 0 aromatic heterocycles. The Morgan fingerprint density at radius 2 is 1.27 bits per heavy atom. The molecule has 2 aromatic rings. The highest BCUT2D eigenvalue weighted by Gasteiger charge is 2.21. The molecular weight excluding hydrogens is 458 g/mol. The van der Waals surface area contributed by atoms with Gasteiger partial charge in [0.15, 0.2) is 6.54 Å². The molecule has 2 rings (SSSR count). The number of carbonyl (C=O) groups excluding carboxylic acids is 1. The van der Waals surface area contributed by atoms with E-state index in [1.165, 1.54) is 81.8 Å². The molecule has 0 aliphatic heterocycles. The lowest BCUT2D eigenvalue weighted by molar-refractivity contribution is -0.896. The second-order valence-corrected chi connectivity index (χ2v) is 11.1. The zero-order valence-corrected chi connectivity index (χ0v) is 23.9. The lowest BCUT2D eigenvalue weighted by Crippen LogP contribution is -2.43. The Labute approximate surface area is 227 Å². The smallest absolute Gasteiger partial charge is 0.361 e. The summed E-state index contributed by atoms with van der Waals surface area (Å²) < 4.78 is 11.9. The van der Waals surface area contributed by atoms with E-state index in [-0.39, 0.29) is 5.97 Å². The summed E-state index contributed by atoms with van der Waals surface area (Å²) in [6, 6.07) is 18.7. The van der Waals surface area contributed by atoms with Crippen molar-refractivity contribution >= 4 is 5.97 Å². The molecule has 0 unspecified atom stereocenters. The van der Waals surface area contributed by atoms with Crippen molar-refractivity contribution < 1.29 is 18.8 Å². The molecule has 0 fully saturated rings. The fraction of sp³-hybridized carbons (Fsp3) is 0.606. The van der Waals surface area contributed by atoms with Gasteiger partial charge in [-0.1, -0.05) is 114 Å². The maximum atomic E-state index is 12.3. The van der Waals surface area contributed by atoms with E-state index in [0.717, 1.165) is 18.7 Å². The van der Waals surface area contributed by atoms with Crippen LogP contribution in [0, 0.1) is 0 Å². The summed E-state index contributed by atoms with van der Waals surface area (Å²) in [6.45, 7) is 4.38. The molecule has 2 aromatic carbocycles. The Hall–Kier alpha value is -2.33. The van der Waals surface area contributed by atoms with Crippen molar-refractivity contribution in [3.8, 4) is 5.75 Å². The Balaban J connectivity index is 1.47. The normalized spacial score (nSPS) is 11.4. The van der Waals surface area contributed by atoms with Crippen molar-refractivity contribution in [1.82, 2.24) is 0 Å². The molecule has 0 amide bonds. The Bertz CT molecular complexity index is 832. The molecule has 4 nitrogen and oxygen atoms in total. The summed E-state index contributed by atoms with van der Waals surface area (Å²) in [4.78, 5) is 12.3. The van der Waals surface area contributed by atoms with E-state index in [0.29, 0.717) is 30.7 Å². The van der Waals surface area contributed by atoms with Crippen molar-refractivity contribution in [2.45, 2.75) is 96.9 Å². The van der Waals surface area contributed by atoms with E-state index in [1.807, 2.05) is 18.2 Å². The lowest BCUT2D eigenvalue weighted by atomic mass is 10.0. The summed E-state index contributed by atoms with van der Waals surface area (Å²) >= 11 is 0. The van der Waals surface area contributed by atoms with Gasteiger partial charge in [0.1, 0.15) is 12.3 Å². The standard InChI is InChI=1S/C33H52NO3/c1-4-5-6-7-8-9-10-11-12-13-15-19-30-22-24-32(25-23-30)36-26-18-27-37-33(35)29-34(2,3)28-31-20-16-14-17-21-31/h14,16-17,20-25H,4-13,15,18-19,26-29H2,1-3H3/q+1. The molecular formula is C33H52NO3+. The minimum Gasteiger partial charge on any atom is -0.493 e. The van der Waals surface area contributed by atoms with Gasteiger partial charge < -0.3 is 14.0 Å². The van der Waals surface area contributed by atoms with Gasteiger partial charge in [-0.15, -0.1) is 0 Å². The van der Waals surface area contributed by atoms with Crippen LogP contribution >= 0.6 is 0 Å². The zero-order valence-electron chi connectivity index (χ0n) is 23.9. The van der Waals surface area contributed by atoms with Crippen LogP contribution in [0.5, 0.6) is 5.75 Å². The van der Waals surface area contributed by atoms with Gasteiger partial charge in [0.25, 0.3) is 0 Å². The highest BCUT2D eigenvalue weighted by Crippen LogP contribution is 2.16. The fourth-order valence-corrected chi connectivity index (χ4v) is 4.71. The quantitative estimate of drug-likeness (QED) is 0.0966. The third-order valence-electron chi connectivity index (χ3n) is 6.82. The van der Waals surface area contributed by atoms with Gasteiger partial charge in [-0.05, 0) is 30.5 Å². The first-order chi connectivity index (χ1) is 18.0. The number of carbonyl (C=O) groups is 1. The number of hydrogen-bond acceptors (Lipinski definition) is 3. The SMILES string of the molecule is CCCCCCCCCCCCCc1ccc(OCCCOC(=O)C[N+](C)(C)Cc2ccccc2)cc1. The van der Waals surface area contributed by atoms with Gasteiger partial charge in [0.2, 0.25) is 0 Å². The molecule has 4 heteroatoms. The first-order valence-corrected chi connectivity index (χ1v) is 14.7. The number of ether oxygens (including phenoxy) is 2. The van der Waals surface area contributed by atoms with Crippen LogP contribution in [-0.4, -0.2) is 44.3 Å². The Morgan fingerprint density at radius 3 is 1.89 bits per heavy atom. The van der Waals surface area contributed by atoms with Gasteiger partial charge in [0, 0.05) is 12.0 Å². The number of quaternary nitrogens is 1. The van der Waals surface area contributed by atoms with Crippen molar-refractivity contribution in [1.29, 1.82) is 0 Å². The van der Waals surface area contributed by atoms with Gasteiger partial charge in [0.05, 0.1) is 27.3 Å². The second-order valence-electron chi connectivity index (χ2n) is 11.1. The molecule has 206 valence electrons. The summed E-state index contributed by atoms with van der Waals surface area (Å²) in [5, 5.41) is 0. The van der Waals surface area contributed by atoms with Crippen LogP contribution in [0.2, 0.25) is 0 Å². The largest absolute Gasteiger partial charge is 0.493 e. The molecule has 0 bridgehead atoms. The zero-order chi connectivity index (χ0) is 26.6. The van der Waals surface area contributed by atoms with Crippen LogP contribution in [0.15, 0.2) is 54.6 Å². The number of hydrogen-bond donors (Lipinski definition) is 0. The topological polar surface area (TPSA) is 35.5 Å². The molecule has 0 N–H and O–H groups in total. The third-order valence-corrected chi connectivity index (χ3v) is 6.82. The van der Waals surface area contributed by atoms with Crippen molar-refractivity contribution in [3.63, 3.8) is 0 Å². The number of benzene rings is 2. The summed E-state index contributed by atoms with van der Waals surface area (Å²) in [7, 11) is 4.11. The number of rotatable bonds is 21. The van der Waals surface area contributed by atoms with E-state index in [2.05, 4.69) is 57.4 Å². The Kier molecular flexibility index (Phi) is 15.7. The number of likely N-dealkylation sites (N-methyl/N-ethyl adjacent to an activating group) is 1. The second kappa shape index (κ2) is 18.8. The van der Waals surface area contributed by atoms with Crippen molar-refractivity contribution in [2.24, 2.45) is 0 Å². The maximum absolute atomic E-state index is 12.3. The third kappa shape index (κ3) is 15.5. The first kappa shape index (κ1) is 30.9. The number of esters is 1. The Morgan fingerprint density at radius 1 is 0.676 bits per heavy atom. The highest BCUT2D eigenvalue weighted by atomic mass is 16.5. The number of nitrogens with zero attached hydrogens (tertiary/aromatic N) is 1. The van der Waals surface area contributed by atoms with Crippen molar-refractivity contribution in [3.05, 3.63) is 65.7 Å². The van der Waals surface area contributed by atoms with Crippen molar-refractivity contribution in [2.75, 3.05) is 33.9 Å². The van der Waals surface area contributed by atoms with E-state index in [1.54, 1.807) is 0 Å². The van der Waals surface area contributed by atoms with Gasteiger partial charge in [-0.3, -0.25) is 0 Å². The number of aryl methyl sites for hydroxylation is 1. The van der Waals surface area contributed by atoms with E-state index in [4.69, 9.17) is 9.47 Å². The predicted octanol–water partition coefficient (Wildman–Crippen LogP) is 8.13. The lowest BCUT2D eigenvalue weighted by Gasteiger charge is -2.28. The van der Waals surface area contributed by atoms with Crippen LogP contribution in [0.4, 0.5) is 0 Å². The highest BCUT2D eigenvalue weighted by molar-refractivity contribution is 5.70. The molecule has 0 saturated carbocycles. The predicted molar refractivity (Wildman–Crippen MR) is 155 cm³/mol.